The van der Waals surface area contributed by atoms with E-state index in [4.69, 9.17) is 27.9 Å². The summed E-state index contributed by atoms with van der Waals surface area (Å²) >= 11 is 11.7. The molecule has 0 saturated carbocycles. The van der Waals surface area contributed by atoms with E-state index in [-0.39, 0.29) is 0 Å². The molecule has 1 N–H and O–H groups in total. The Balaban J connectivity index is 3.27. The second-order valence-corrected chi connectivity index (χ2v) is 3.50. The van der Waals surface area contributed by atoms with Crippen LogP contribution in [0.1, 0.15) is 18.6 Å². The minimum Gasteiger partial charge on any atom is -0.495 e. The Morgan fingerprint density at radius 2 is 2.00 bits per heavy atom. The van der Waals surface area contributed by atoms with E-state index in [2.05, 4.69) is 0 Å². The van der Waals surface area contributed by atoms with E-state index < -0.39 is 6.10 Å². The van der Waals surface area contributed by atoms with Gasteiger partial charge in [-0.1, -0.05) is 23.2 Å². The van der Waals surface area contributed by atoms with Gasteiger partial charge in [-0.3, -0.25) is 0 Å². The van der Waals surface area contributed by atoms with E-state index in [1.54, 1.807) is 19.1 Å². The molecular weight excluding hydrogens is 211 g/mol. The van der Waals surface area contributed by atoms with Gasteiger partial charge < -0.3 is 9.84 Å². The lowest BCUT2D eigenvalue weighted by Crippen LogP contribution is -1.95. The van der Waals surface area contributed by atoms with Gasteiger partial charge in [0.25, 0.3) is 0 Å². The minimum absolute atomic E-state index is 0.405. The van der Waals surface area contributed by atoms with Gasteiger partial charge in [-0.05, 0) is 13.0 Å². The fraction of sp³-hybridized carbons (Fsp3) is 0.333. The number of hydrogen-bond acceptors (Lipinski definition) is 2. The highest BCUT2D eigenvalue weighted by atomic mass is 35.5. The average Bonchev–Trinajstić information content (AvgIpc) is 2.08. The summed E-state index contributed by atoms with van der Waals surface area (Å²) in [6.07, 6.45) is -0.653. The molecule has 2 nitrogen and oxygen atoms in total. The van der Waals surface area contributed by atoms with Crippen LogP contribution in [0.25, 0.3) is 0 Å². The monoisotopic (exact) mass is 220 g/mol. The third-order valence-corrected chi connectivity index (χ3v) is 2.32. The Hall–Kier alpha value is -0.440. The zero-order valence-corrected chi connectivity index (χ0v) is 8.86. The second kappa shape index (κ2) is 4.18. The Labute approximate surface area is 87.0 Å². The molecule has 0 amide bonds. The lowest BCUT2D eigenvalue weighted by molar-refractivity contribution is 0.199. The fourth-order valence-corrected chi connectivity index (χ4v) is 1.60. The Bertz CT molecular complexity index is 311. The summed E-state index contributed by atoms with van der Waals surface area (Å²) in [5.41, 5.74) is 0.575. The van der Waals surface area contributed by atoms with Crippen LogP contribution in [0.15, 0.2) is 12.1 Å². The lowest BCUT2D eigenvalue weighted by Gasteiger charge is -2.11. The maximum Gasteiger partial charge on any atom is 0.139 e. The van der Waals surface area contributed by atoms with Gasteiger partial charge in [0.05, 0.1) is 18.2 Å². The summed E-state index contributed by atoms with van der Waals surface area (Å²) in [7, 11) is 1.50. The predicted octanol–water partition coefficient (Wildman–Crippen LogP) is 3.06. The van der Waals surface area contributed by atoms with Gasteiger partial charge in [0.1, 0.15) is 5.75 Å². The largest absolute Gasteiger partial charge is 0.495 e. The summed E-state index contributed by atoms with van der Waals surface area (Å²) in [5, 5.41) is 10.3. The Morgan fingerprint density at radius 3 is 2.46 bits per heavy atom. The summed E-state index contributed by atoms with van der Waals surface area (Å²) in [4.78, 5) is 0. The van der Waals surface area contributed by atoms with Gasteiger partial charge in [0.15, 0.2) is 0 Å². The molecule has 0 radical (unpaired) electrons. The molecule has 0 aliphatic heterocycles. The molecule has 0 aromatic heterocycles. The molecule has 0 heterocycles. The summed E-state index contributed by atoms with van der Waals surface area (Å²) in [6.45, 7) is 1.62. The van der Waals surface area contributed by atoms with Gasteiger partial charge in [0.2, 0.25) is 0 Å². The van der Waals surface area contributed by atoms with Crippen LogP contribution in [0.5, 0.6) is 5.75 Å². The average molecular weight is 221 g/mol. The smallest absolute Gasteiger partial charge is 0.139 e. The van der Waals surface area contributed by atoms with Crippen molar-refractivity contribution >= 4 is 23.2 Å². The zero-order valence-electron chi connectivity index (χ0n) is 7.34. The molecule has 0 bridgehead atoms. The number of hydrogen-bond donors (Lipinski definition) is 1. The molecule has 1 aromatic carbocycles. The maximum absolute atomic E-state index is 9.35. The molecule has 1 rings (SSSR count). The minimum atomic E-state index is -0.653. The van der Waals surface area contributed by atoms with E-state index in [1.807, 2.05) is 0 Å². The first kappa shape index (κ1) is 10.6. The van der Waals surface area contributed by atoms with Gasteiger partial charge in [-0.2, -0.15) is 0 Å². The molecule has 0 aliphatic carbocycles. The number of aliphatic hydroxyl groups is 1. The Morgan fingerprint density at radius 1 is 1.38 bits per heavy atom. The van der Waals surface area contributed by atoms with Crippen LogP contribution in [0, 0.1) is 0 Å². The van der Waals surface area contributed by atoms with Crippen LogP contribution in [0.2, 0.25) is 10.0 Å². The van der Waals surface area contributed by atoms with Crippen molar-refractivity contribution in [2.24, 2.45) is 0 Å². The molecule has 1 unspecified atom stereocenters. The predicted molar refractivity (Wildman–Crippen MR) is 53.6 cm³/mol. The van der Waals surface area contributed by atoms with E-state index >= 15 is 0 Å². The number of rotatable bonds is 2. The number of ether oxygens (including phenoxy) is 1. The lowest BCUT2D eigenvalue weighted by atomic mass is 10.1. The number of aliphatic hydroxyl groups excluding tert-OH is 1. The highest BCUT2D eigenvalue weighted by molar-refractivity contribution is 6.35. The summed E-state index contributed by atoms with van der Waals surface area (Å²) in [6, 6.07) is 3.23. The third kappa shape index (κ3) is 2.27. The van der Waals surface area contributed by atoms with Crippen molar-refractivity contribution in [3.05, 3.63) is 27.7 Å². The molecule has 4 heteroatoms. The standard InChI is InChI=1S/C9H10Cl2O2/c1-5(12)7-3-6(10)4-8(13-2)9(7)11/h3-5,12H,1-2H3. The normalized spacial score (nSPS) is 12.7. The molecule has 72 valence electrons. The maximum atomic E-state index is 9.35. The summed E-state index contributed by atoms with van der Waals surface area (Å²) < 4.78 is 4.99. The van der Waals surface area contributed by atoms with Crippen molar-refractivity contribution in [1.82, 2.24) is 0 Å². The van der Waals surface area contributed by atoms with Crippen molar-refractivity contribution in [3.8, 4) is 5.75 Å². The molecule has 1 atom stereocenters. The molecule has 0 aliphatic rings. The van der Waals surface area contributed by atoms with Crippen molar-refractivity contribution in [2.45, 2.75) is 13.0 Å². The van der Waals surface area contributed by atoms with E-state index in [1.165, 1.54) is 7.11 Å². The SMILES string of the molecule is COc1cc(Cl)cc(C(C)O)c1Cl. The quantitative estimate of drug-likeness (QED) is 0.831. The molecule has 0 fully saturated rings. The van der Waals surface area contributed by atoms with Crippen LogP contribution in [-0.4, -0.2) is 12.2 Å². The van der Waals surface area contributed by atoms with Crippen molar-refractivity contribution in [2.75, 3.05) is 7.11 Å². The highest BCUT2D eigenvalue weighted by Crippen LogP contribution is 2.34. The number of methoxy groups -OCH3 is 1. The number of halogens is 2. The van der Waals surface area contributed by atoms with Crippen LogP contribution >= 0.6 is 23.2 Å². The Kier molecular flexibility index (Phi) is 3.42. The zero-order chi connectivity index (χ0) is 10.0. The van der Waals surface area contributed by atoms with E-state index in [0.29, 0.717) is 21.4 Å². The molecule has 0 spiro atoms. The first-order valence-electron chi connectivity index (χ1n) is 3.77. The van der Waals surface area contributed by atoms with Gasteiger partial charge >= 0.3 is 0 Å². The summed E-state index contributed by atoms with van der Waals surface area (Å²) in [5.74, 6) is 0.477. The molecular formula is C9H10Cl2O2. The fourth-order valence-electron chi connectivity index (χ4n) is 1.04. The molecule has 1 aromatic rings. The first-order chi connectivity index (χ1) is 6.06. The van der Waals surface area contributed by atoms with Crippen LogP contribution < -0.4 is 4.74 Å². The van der Waals surface area contributed by atoms with Crippen LogP contribution in [0.3, 0.4) is 0 Å². The van der Waals surface area contributed by atoms with E-state index in [9.17, 15) is 5.11 Å². The van der Waals surface area contributed by atoms with Gasteiger partial charge in [-0.25, -0.2) is 0 Å². The molecule has 0 saturated heterocycles. The molecule has 13 heavy (non-hydrogen) atoms. The van der Waals surface area contributed by atoms with E-state index in [0.717, 1.165) is 0 Å². The third-order valence-electron chi connectivity index (χ3n) is 1.70. The van der Waals surface area contributed by atoms with Crippen molar-refractivity contribution < 1.29 is 9.84 Å². The van der Waals surface area contributed by atoms with Crippen LogP contribution in [0.4, 0.5) is 0 Å². The number of benzene rings is 1. The highest BCUT2D eigenvalue weighted by Gasteiger charge is 2.12. The van der Waals surface area contributed by atoms with Crippen molar-refractivity contribution in [1.29, 1.82) is 0 Å². The second-order valence-electron chi connectivity index (χ2n) is 2.69. The topological polar surface area (TPSA) is 29.5 Å². The van der Waals surface area contributed by atoms with Crippen molar-refractivity contribution in [3.63, 3.8) is 0 Å². The first-order valence-corrected chi connectivity index (χ1v) is 4.53. The van der Waals surface area contributed by atoms with Gasteiger partial charge in [0, 0.05) is 16.7 Å². The van der Waals surface area contributed by atoms with Crippen LogP contribution in [-0.2, 0) is 0 Å². The van der Waals surface area contributed by atoms with Gasteiger partial charge in [-0.15, -0.1) is 0 Å².